The third kappa shape index (κ3) is 7.37. The highest BCUT2D eigenvalue weighted by atomic mass is 16.2. The van der Waals surface area contributed by atoms with Gasteiger partial charge in [0.05, 0.1) is 6.61 Å². The molecule has 0 bridgehead atoms. The van der Waals surface area contributed by atoms with Gasteiger partial charge in [-0.2, -0.15) is 0 Å². The number of aliphatic hydroxyl groups excluding tert-OH is 1. The lowest BCUT2D eigenvalue weighted by Gasteiger charge is -1.84. The smallest absolute Gasteiger partial charge is 0.120 e. The molecule has 1 N–H and O–H groups in total. The Hall–Kier alpha value is -0.630. The Bertz CT molecular complexity index is 86.9. The van der Waals surface area contributed by atoms with Crippen molar-refractivity contribution in [1.29, 1.82) is 0 Å². The number of rotatable bonds is 5. The van der Waals surface area contributed by atoms with E-state index in [0.29, 0.717) is 6.42 Å². The Labute approximate surface area is 55.2 Å². The molecule has 0 aromatic heterocycles. The van der Waals surface area contributed by atoms with Crippen LogP contribution in [0.15, 0.2) is 12.2 Å². The summed E-state index contributed by atoms with van der Waals surface area (Å²) in [7, 11) is 0. The van der Waals surface area contributed by atoms with Crippen LogP contribution in [0.1, 0.15) is 19.3 Å². The van der Waals surface area contributed by atoms with Crippen molar-refractivity contribution in [2.24, 2.45) is 0 Å². The summed E-state index contributed by atoms with van der Waals surface area (Å²) in [6, 6.07) is 0. The molecule has 0 aliphatic heterocycles. The monoisotopic (exact) mass is 128 g/mol. The molecule has 0 spiro atoms. The maximum atomic E-state index is 9.76. The zero-order valence-corrected chi connectivity index (χ0v) is 5.42. The Kier molecular flexibility index (Phi) is 6.85. The van der Waals surface area contributed by atoms with Gasteiger partial charge < -0.3 is 9.90 Å². The maximum Gasteiger partial charge on any atom is 0.120 e. The van der Waals surface area contributed by atoms with E-state index in [4.69, 9.17) is 5.11 Å². The van der Waals surface area contributed by atoms with Gasteiger partial charge in [-0.25, -0.2) is 0 Å². The number of hydrogen-bond acceptors (Lipinski definition) is 2. The van der Waals surface area contributed by atoms with Crippen LogP contribution >= 0.6 is 0 Å². The minimum absolute atomic E-state index is 0.0983. The predicted octanol–water partition coefficient (Wildman–Crippen LogP) is 0.904. The van der Waals surface area contributed by atoms with Crippen LogP contribution < -0.4 is 0 Å². The van der Waals surface area contributed by atoms with Crippen molar-refractivity contribution in [1.82, 2.24) is 0 Å². The van der Waals surface area contributed by atoms with Gasteiger partial charge in [-0.1, -0.05) is 12.2 Å². The zero-order chi connectivity index (χ0) is 6.95. The summed E-state index contributed by atoms with van der Waals surface area (Å²) in [6.07, 6.45) is 6.87. The van der Waals surface area contributed by atoms with Crippen LogP contribution in [-0.4, -0.2) is 18.0 Å². The lowest BCUT2D eigenvalue weighted by atomic mass is 10.2. The lowest BCUT2D eigenvalue weighted by molar-refractivity contribution is -0.107. The molecule has 0 unspecified atom stereocenters. The van der Waals surface area contributed by atoms with Crippen LogP contribution in [0, 0.1) is 0 Å². The molecule has 0 aliphatic rings. The van der Waals surface area contributed by atoms with Gasteiger partial charge in [0.25, 0.3) is 0 Å². The summed E-state index contributed by atoms with van der Waals surface area (Å²) < 4.78 is 0. The third-order valence-electron chi connectivity index (χ3n) is 0.965. The van der Waals surface area contributed by atoms with Crippen LogP contribution in [0.25, 0.3) is 0 Å². The number of aliphatic hydroxyl groups is 1. The van der Waals surface area contributed by atoms with Crippen molar-refractivity contribution in [2.45, 2.75) is 19.3 Å². The van der Waals surface area contributed by atoms with Gasteiger partial charge in [0, 0.05) is 6.42 Å². The van der Waals surface area contributed by atoms with Gasteiger partial charge >= 0.3 is 0 Å². The summed E-state index contributed by atoms with van der Waals surface area (Å²) in [4.78, 5) is 9.76. The average Bonchev–Trinajstić information content (AvgIpc) is 1.89. The number of aldehydes is 1. The van der Waals surface area contributed by atoms with Crippen molar-refractivity contribution in [3.8, 4) is 0 Å². The number of allylic oxidation sites excluding steroid dienone is 1. The summed E-state index contributed by atoms with van der Waals surface area (Å²) in [6.45, 7) is 0.0983. The fraction of sp³-hybridized carbons (Fsp3) is 0.571. The fourth-order valence-corrected chi connectivity index (χ4v) is 0.511. The largest absolute Gasteiger partial charge is 0.392 e. The SMILES string of the molecule is O=CCCC/C=C/CO. The van der Waals surface area contributed by atoms with E-state index >= 15 is 0 Å². The molecule has 0 amide bonds. The molecule has 0 atom stereocenters. The van der Waals surface area contributed by atoms with Gasteiger partial charge in [-0.15, -0.1) is 0 Å². The molecule has 0 radical (unpaired) electrons. The van der Waals surface area contributed by atoms with E-state index in [1.54, 1.807) is 6.08 Å². The van der Waals surface area contributed by atoms with E-state index in [1.165, 1.54) is 0 Å². The first-order chi connectivity index (χ1) is 4.41. The van der Waals surface area contributed by atoms with E-state index < -0.39 is 0 Å². The quantitative estimate of drug-likeness (QED) is 0.339. The molecular weight excluding hydrogens is 116 g/mol. The van der Waals surface area contributed by atoms with E-state index in [-0.39, 0.29) is 6.61 Å². The van der Waals surface area contributed by atoms with E-state index in [2.05, 4.69) is 0 Å². The molecule has 9 heavy (non-hydrogen) atoms. The fourth-order valence-electron chi connectivity index (χ4n) is 0.511. The van der Waals surface area contributed by atoms with Crippen LogP contribution in [0.4, 0.5) is 0 Å². The first kappa shape index (κ1) is 8.37. The second-order valence-corrected chi connectivity index (χ2v) is 1.75. The molecule has 0 aromatic rings. The van der Waals surface area contributed by atoms with Gasteiger partial charge in [-0.05, 0) is 12.8 Å². The van der Waals surface area contributed by atoms with Gasteiger partial charge in [0.1, 0.15) is 6.29 Å². The number of unbranched alkanes of at least 4 members (excludes halogenated alkanes) is 2. The van der Waals surface area contributed by atoms with Gasteiger partial charge in [-0.3, -0.25) is 0 Å². The molecule has 0 fully saturated rings. The van der Waals surface area contributed by atoms with Gasteiger partial charge in [0.2, 0.25) is 0 Å². The van der Waals surface area contributed by atoms with Crippen LogP contribution in [-0.2, 0) is 4.79 Å². The zero-order valence-electron chi connectivity index (χ0n) is 5.42. The maximum absolute atomic E-state index is 9.76. The van der Waals surface area contributed by atoms with E-state index in [0.717, 1.165) is 19.1 Å². The van der Waals surface area contributed by atoms with Gasteiger partial charge in [0.15, 0.2) is 0 Å². The number of carbonyl (C=O) groups is 1. The summed E-state index contributed by atoms with van der Waals surface area (Å²) in [5.41, 5.74) is 0. The minimum Gasteiger partial charge on any atom is -0.392 e. The van der Waals surface area contributed by atoms with Crippen LogP contribution in [0.3, 0.4) is 0 Å². The molecule has 0 aliphatic carbocycles. The Morgan fingerprint density at radius 2 is 2.00 bits per heavy atom. The molecule has 0 heterocycles. The Morgan fingerprint density at radius 3 is 2.56 bits per heavy atom. The molecule has 0 saturated carbocycles. The molecule has 2 heteroatoms. The van der Waals surface area contributed by atoms with Crippen molar-refractivity contribution >= 4 is 6.29 Å². The lowest BCUT2D eigenvalue weighted by Crippen LogP contribution is -1.75. The predicted molar refractivity (Wildman–Crippen MR) is 36.1 cm³/mol. The molecule has 0 saturated heterocycles. The molecule has 52 valence electrons. The Morgan fingerprint density at radius 1 is 1.22 bits per heavy atom. The van der Waals surface area contributed by atoms with E-state index in [1.807, 2.05) is 6.08 Å². The summed E-state index contributed by atoms with van der Waals surface area (Å²) in [5.74, 6) is 0. The number of carbonyl (C=O) groups excluding carboxylic acids is 1. The molecular formula is C7H12O2. The van der Waals surface area contributed by atoms with Crippen molar-refractivity contribution in [3.63, 3.8) is 0 Å². The van der Waals surface area contributed by atoms with Crippen LogP contribution in [0.5, 0.6) is 0 Å². The highest BCUT2D eigenvalue weighted by Crippen LogP contribution is 1.92. The highest BCUT2D eigenvalue weighted by Gasteiger charge is 1.79. The number of hydrogen-bond donors (Lipinski definition) is 1. The minimum atomic E-state index is 0.0983. The Balaban J connectivity index is 2.90. The molecule has 0 rings (SSSR count). The second-order valence-electron chi connectivity index (χ2n) is 1.75. The first-order valence-electron chi connectivity index (χ1n) is 3.11. The van der Waals surface area contributed by atoms with Crippen molar-refractivity contribution < 1.29 is 9.90 Å². The van der Waals surface area contributed by atoms with E-state index in [9.17, 15) is 4.79 Å². The van der Waals surface area contributed by atoms with Crippen LogP contribution in [0.2, 0.25) is 0 Å². The van der Waals surface area contributed by atoms with Crippen molar-refractivity contribution in [2.75, 3.05) is 6.61 Å². The average molecular weight is 128 g/mol. The second kappa shape index (κ2) is 7.37. The third-order valence-corrected chi connectivity index (χ3v) is 0.965. The molecule has 2 nitrogen and oxygen atoms in total. The highest BCUT2D eigenvalue weighted by molar-refractivity contribution is 5.48. The molecule has 0 aromatic carbocycles. The van der Waals surface area contributed by atoms with Crippen molar-refractivity contribution in [3.05, 3.63) is 12.2 Å². The normalized spacial score (nSPS) is 10.3. The standard InChI is InChI=1S/C7H12O2/c8-6-4-2-1-3-5-7-9/h2,4,7-8H,1,3,5-6H2/b4-2+. The first-order valence-corrected chi connectivity index (χ1v) is 3.11. The summed E-state index contributed by atoms with van der Waals surface area (Å²) >= 11 is 0. The summed E-state index contributed by atoms with van der Waals surface area (Å²) in [5, 5.41) is 8.27. The topological polar surface area (TPSA) is 37.3 Å².